The summed E-state index contributed by atoms with van der Waals surface area (Å²) in [6.45, 7) is 2.20. The van der Waals surface area contributed by atoms with Crippen LogP contribution in [0, 0.1) is 0 Å². The third-order valence-electron chi connectivity index (χ3n) is 2.79. The van der Waals surface area contributed by atoms with Gasteiger partial charge in [0.15, 0.2) is 5.69 Å². The van der Waals surface area contributed by atoms with Gasteiger partial charge in [-0.25, -0.2) is 4.79 Å². The van der Waals surface area contributed by atoms with Crippen LogP contribution in [0.1, 0.15) is 49.1 Å². The molecule has 1 aromatic rings. The second kappa shape index (κ2) is 4.47. The fourth-order valence-electron chi connectivity index (χ4n) is 2.02. The highest BCUT2D eigenvalue weighted by Crippen LogP contribution is 2.28. The standard InChI is InChI=1S/C11H16N2O2/c1-2-15-11(14)10-7-8-13(12-10)9-5-3-4-6-9/h7-9H,2-6H2,1H3. The molecule has 0 N–H and O–H groups in total. The summed E-state index contributed by atoms with van der Waals surface area (Å²) in [6.07, 6.45) is 6.74. The zero-order valence-electron chi connectivity index (χ0n) is 8.98. The molecule has 1 heterocycles. The maximum atomic E-state index is 11.4. The second-order valence-electron chi connectivity index (χ2n) is 3.84. The fraction of sp³-hybridized carbons (Fsp3) is 0.636. The average Bonchev–Trinajstić information content (AvgIpc) is 2.89. The molecule has 0 saturated heterocycles. The molecule has 15 heavy (non-hydrogen) atoms. The number of carbonyl (C=O) groups is 1. The topological polar surface area (TPSA) is 44.1 Å². The lowest BCUT2D eigenvalue weighted by atomic mass is 10.3. The molecule has 0 aromatic carbocycles. The van der Waals surface area contributed by atoms with Crippen LogP contribution in [0.4, 0.5) is 0 Å². The van der Waals surface area contributed by atoms with Crippen molar-refractivity contribution in [1.29, 1.82) is 0 Å². The minimum absolute atomic E-state index is 0.325. The highest BCUT2D eigenvalue weighted by Gasteiger charge is 2.19. The van der Waals surface area contributed by atoms with E-state index < -0.39 is 0 Å². The lowest BCUT2D eigenvalue weighted by Crippen LogP contribution is -2.09. The Hall–Kier alpha value is -1.32. The summed E-state index contributed by atoms with van der Waals surface area (Å²) in [5.41, 5.74) is 0.420. The molecule has 0 bridgehead atoms. The Morgan fingerprint density at radius 2 is 2.33 bits per heavy atom. The highest BCUT2D eigenvalue weighted by atomic mass is 16.5. The van der Waals surface area contributed by atoms with Crippen molar-refractivity contribution in [2.24, 2.45) is 0 Å². The summed E-state index contributed by atoms with van der Waals surface area (Å²) in [5.74, 6) is -0.325. The number of nitrogens with zero attached hydrogens (tertiary/aromatic N) is 2. The smallest absolute Gasteiger partial charge is 0.358 e. The van der Waals surface area contributed by atoms with Crippen LogP contribution in [0.15, 0.2) is 12.3 Å². The molecule has 0 atom stereocenters. The van der Waals surface area contributed by atoms with E-state index >= 15 is 0 Å². The van der Waals surface area contributed by atoms with E-state index in [1.54, 1.807) is 13.0 Å². The zero-order chi connectivity index (χ0) is 10.7. The minimum Gasteiger partial charge on any atom is -0.461 e. The van der Waals surface area contributed by atoms with Crippen molar-refractivity contribution >= 4 is 5.97 Å². The summed E-state index contributed by atoms with van der Waals surface area (Å²) in [7, 11) is 0. The van der Waals surface area contributed by atoms with Gasteiger partial charge >= 0.3 is 5.97 Å². The molecule has 82 valence electrons. The van der Waals surface area contributed by atoms with Gasteiger partial charge in [0.1, 0.15) is 0 Å². The first-order valence-corrected chi connectivity index (χ1v) is 5.53. The van der Waals surface area contributed by atoms with Gasteiger partial charge in [-0.2, -0.15) is 5.10 Å². The summed E-state index contributed by atoms with van der Waals surface area (Å²) in [5, 5.41) is 4.25. The van der Waals surface area contributed by atoms with Crippen molar-refractivity contribution < 1.29 is 9.53 Å². The first kappa shape index (κ1) is 10.2. The molecule has 1 aromatic heterocycles. The van der Waals surface area contributed by atoms with Gasteiger partial charge in [-0.15, -0.1) is 0 Å². The molecule has 1 saturated carbocycles. The monoisotopic (exact) mass is 208 g/mol. The van der Waals surface area contributed by atoms with Gasteiger partial charge < -0.3 is 4.74 Å². The van der Waals surface area contributed by atoms with Crippen LogP contribution in [-0.4, -0.2) is 22.4 Å². The number of hydrogen-bond acceptors (Lipinski definition) is 3. The van der Waals surface area contributed by atoms with Crippen LogP contribution in [-0.2, 0) is 4.74 Å². The van der Waals surface area contributed by atoms with Crippen molar-refractivity contribution in [3.63, 3.8) is 0 Å². The summed E-state index contributed by atoms with van der Waals surface area (Å²) >= 11 is 0. The Labute approximate surface area is 89.2 Å². The number of carbonyl (C=O) groups excluding carboxylic acids is 1. The third kappa shape index (κ3) is 2.19. The van der Waals surface area contributed by atoms with Crippen molar-refractivity contribution in [3.8, 4) is 0 Å². The zero-order valence-corrected chi connectivity index (χ0v) is 8.98. The highest BCUT2D eigenvalue weighted by molar-refractivity contribution is 5.86. The molecule has 1 aliphatic carbocycles. The van der Waals surface area contributed by atoms with E-state index in [0.29, 0.717) is 18.3 Å². The molecule has 0 amide bonds. The molecular formula is C11H16N2O2. The predicted octanol–water partition coefficient (Wildman–Crippen LogP) is 2.17. The van der Waals surface area contributed by atoms with Crippen LogP contribution in [0.3, 0.4) is 0 Å². The Kier molecular flexibility index (Phi) is 3.04. The average molecular weight is 208 g/mol. The SMILES string of the molecule is CCOC(=O)c1ccn(C2CCCC2)n1. The Morgan fingerprint density at radius 3 is 3.00 bits per heavy atom. The van der Waals surface area contributed by atoms with Crippen molar-refractivity contribution in [2.45, 2.75) is 38.6 Å². The maximum Gasteiger partial charge on any atom is 0.358 e. The van der Waals surface area contributed by atoms with Crippen LogP contribution in [0.5, 0.6) is 0 Å². The summed E-state index contributed by atoms with van der Waals surface area (Å²) in [6, 6.07) is 2.21. The van der Waals surface area contributed by atoms with Crippen LogP contribution < -0.4 is 0 Å². The van der Waals surface area contributed by atoms with E-state index in [-0.39, 0.29) is 5.97 Å². The Bertz CT molecular complexity index is 340. The molecular weight excluding hydrogens is 192 g/mol. The lowest BCUT2D eigenvalue weighted by molar-refractivity contribution is 0.0518. The van der Waals surface area contributed by atoms with Crippen LogP contribution in [0.2, 0.25) is 0 Å². The van der Waals surface area contributed by atoms with Crippen molar-refractivity contribution in [3.05, 3.63) is 18.0 Å². The minimum atomic E-state index is -0.325. The van der Waals surface area contributed by atoms with Gasteiger partial charge in [-0.05, 0) is 25.8 Å². The van der Waals surface area contributed by atoms with E-state index in [9.17, 15) is 4.79 Å². The van der Waals surface area contributed by atoms with Gasteiger partial charge in [-0.3, -0.25) is 4.68 Å². The first-order valence-electron chi connectivity index (χ1n) is 5.53. The van der Waals surface area contributed by atoms with E-state index in [0.717, 1.165) is 0 Å². The van der Waals surface area contributed by atoms with E-state index in [4.69, 9.17) is 4.74 Å². The molecule has 4 nitrogen and oxygen atoms in total. The fourth-order valence-corrected chi connectivity index (χ4v) is 2.02. The van der Waals surface area contributed by atoms with E-state index in [1.165, 1.54) is 25.7 Å². The molecule has 0 unspecified atom stereocenters. The van der Waals surface area contributed by atoms with Gasteiger partial charge in [-0.1, -0.05) is 12.8 Å². The van der Waals surface area contributed by atoms with Crippen molar-refractivity contribution in [1.82, 2.24) is 9.78 Å². The Balaban J connectivity index is 2.06. The van der Waals surface area contributed by atoms with Gasteiger partial charge in [0.25, 0.3) is 0 Å². The van der Waals surface area contributed by atoms with Gasteiger partial charge in [0.2, 0.25) is 0 Å². The molecule has 4 heteroatoms. The van der Waals surface area contributed by atoms with Crippen molar-refractivity contribution in [2.75, 3.05) is 6.61 Å². The predicted molar refractivity (Wildman–Crippen MR) is 55.7 cm³/mol. The van der Waals surface area contributed by atoms with E-state index in [1.807, 2.05) is 10.9 Å². The lowest BCUT2D eigenvalue weighted by Gasteiger charge is -2.08. The Morgan fingerprint density at radius 1 is 1.60 bits per heavy atom. The van der Waals surface area contributed by atoms with Crippen LogP contribution in [0.25, 0.3) is 0 Å². The quantitative estimate of drug-likeness (QED) is 0.715. The second-order valence-corrected chi connectivity index (χ2v) is 3.84. The largest absolute Gasteiger partial charge is 0.461 e. The number of ether oxygens (including phenoxy) is 1. The van der Waals surface area contributed by atoms with Gasteiger partial charge in [0.05, 0.1) is 12.6 Å². The normalized spacial score (nSPS) is 16.9. The molecule has 0 radical (unpaired) electrons. The molecule has 2 rings (SSSR count). The number of hydrogen-bond donors (Lipinski definition) is 0. The summed E-state index contributed by atoms with van der Waals surface area (Å²) in [4.78, 5) is 11.4. The van der Waals surface area contributed by atoms with Gasteiger partial charge in [0, 0.05) is 6.20 Å². The molecule has 0 spiro atoms. The van der Waals surface area contributed by atoms with Crippen LogP contribution >= 0.6 is 0 Å². The molecule has 1 fully saturated rings. The third-order valence-corrected chi connectivity index (χ3v) is 2.79. The number of rotatable bonds is 3. The first-order chi connectivity index (χ1) is 7.31. The summed E-state index contributed by atoms with van der Waals surface area (Å²) < 4.78 is 6.79. The van der Waals surface area contributed by atoms with E-state index in [2.05, 4.69) is 5.10 Å². The molecule has 1 aliphatic rings. The number of esters is 1. The molecule has 0 aliphatic heterocycles. The maximum absolute atomic E-state index is 11.4. The number of aromatic nitrogens is 2.